The Morgan fingerprint density at radius 2 is 2.29 bits per heavy atom. The lowest BCUT2D eigenvalue weighted by atomic mass is 10.1. The van der Waals surface area contributed by atoms with Gasteiger partial charge < -0.3 is 5.32 Å². The quantitative estimate of drug-likeness (QED) is 0.786. The molecule has 86 valence electrons. The fourth-order valence-corrected chi connectivity index (χ4v) is 2.93. The molecule has 17 heavy (non-hydrogen) atoms. The lowest BCUT2D eigenvalue weighted by Gasteiger charge is -2.12. The third-order valence-corrected chi connectivity index (χ3v) is 4.00. The van der Waals surface area contributed by atoms with Crippen molar-refractivity contribution in [3.8, 4) is 0 Å². The van der Waals surface area contributed by atoms with E-state index < -0.39 is 0 Å². The first-order valence-electron chi connectivity index (χ1n) is 5.19. The molecule has 3 rings (SSSR count). The highest BCUT2D eigenvalue weighted by Crippen LogP contribution is 2.25. The number of anilines is 1. The first-order chi connectivity index (χ1) is 8.33. The molecule has 4 nitrogen and oxygen atoms in total. The van der Waals surface area contributed by atoms with Gasteiger partial charge in [-0.15, -0.1) is 21.5 Å². The topological polar surface area (TPSA) is 50.7 Å². The smallest absolute Gasteiger partial charge is 0.205 e. The van der Waals surface area contributed by atoms with Gasteiger partial charge in [0.1, 0.15) is 5.51 Å². The number of nitrogens with zero attached hydrogens (tertiary/aromatic N) is 3. The first kappa shape index (κ1) is 10.6. The van der Waals surface area contributed by atoms with Crippen LogP contribution in [0.5, 0.6) is 0 Å². The largest absolute Gasteiger partial charge is 0.354 e. The Kier molecular flexibility index (Phi) is 2.74. The molecule has 0 aliphatic carbocycles. The zero-order valence-corrected chi connectivity index (χ0v) is 10.8. The molecule has 6 heteroatoms. The van der Waals surface area contributed by atoms with Crippen molar-refractivity contribution in [1.82, 2.24) is 15.2 Å². The molecular weight excluding hydrogens is 252 g/mol. The summed E-state index contributed by atoms with van der Waals surface area (Å²) in [6.45, 7) is 2.10. The van der Waals surface area contributed by atoms with E-state index in [1.807, 2.05) is 12.3 Å². The zero-order valence-electron chi connectivity index (χ0n) is 9.12. The SMILES string of the molecule is CC(Nc1nncs1)c1cnc2ccsc2c1. The van der Waals surface area contributed by atoms with E-state index in [2.05, 4.69) is 38.9 Å². The van der Waals surface area contributed by atoms with Crippen molar-refractivity contribution >= 4 is 38.0 Å². The van der Waals surface area contributed by atoms with Gasteiger partial charge in [0, 0.05) is 6.20 Å². The van der Waals surface area contributed by atoms with Crippen molar-refractivity contribution in [2.24, 2.45) is 0 Å². The number of fused-ring (bicyclic) bond motifs is 1. The molecule has 1 atom stereocenters. The standard InChI is InChI=1S/C11H10N4S2/c1-7(14-11-15-13-6-17-11)8-4-10-9(12-5-8)2-3-16-10/h2-7H,1H3,(H,14,15). The molecule has 0 spiro atoms. The first-order valence-corrected chi connectivity index (χ1v) is 6.95. The van der Waals surface area contributed by atoms with Gasteiger partial charge in [0.15, 0.2) is 0 Å². The summed E-state index contributed by atoms with van der Waals surface area (Å²) in [5.41, 5.74) is 3.94. The maximum Gasteiger partial charge on any atom is 0.205 e. The Morgan fingerprint density at radius 3 is 3.12 bits per heavy atom. The van der Waals surface area contributed by atoms with Crippen LogP contribution in [-0.2, 0) is 0 Å². The molecule has 0 radical (unpaired) electrons. The highest BCUT2D eigenvalue weighted by molar-refractivity contribution is 7.17. The molecule has 3 heterocycles. The molecule has 1 N–H and O–H groups in total. The van der Waals surface area contributed by atoms with E-state index in [1.54, 1.807) is 16.8 Å². The summed E-state index contributed by atoms with van der Waals surface area (Å²) in [6, 6.07) is 4.39. The van der Waals surface area contributed by atoms with Crippen LogP contribution in [0.3, 0.4) is 0 Å². The fourth-order valence-electron chi connectivity index (χ4n) is 1.60. The van der Waals surface area contributed by atoms with Crippen LogP contribution < -0.4 is 5.32 Å². The number of nitrogens with one attached hydrogen (secondary N) is 1. The minimum atomic E-state index is 0.182. The second-order valence-electron chi connectivity index (χ2n) is 3.68. The lowest BCUT2D eigenvalue weighted by Crippen LogP contribution is -2.06. The molecule has 0 aromatic carbocycles. The van der Waals surface area contributed by atoms with Crippen LogP contribution in [0.1, 0.15) is 18.5 Å². The van der Waals surface area contributed by atoms with Gasteiger partial charge in [0.2, 0.25) is 5.13 Å². The van der Waals surface area contributed by atoms with E-state index in [1.165, 1.54) is 16.0 Å². The summed E-state index contributed by atoms with van der Waals surface area (Å²) in [4.78, 5) is 4.43. The van der Waals surface area contributed by atoms with Crippen molar-refractivity contribution < 1.29 is 0 Å². The molecule has 3 aromatic rings. The van der Waals surface area contributed by atoms with Crippen molar-refractivity contribution in [3.05, 3.63) is 34.8 Å². The van der Waals surface area contributed by atoms with Gasteiger partial charge in [0.05, 0.1) is 16.3 Å². The normalized spacial score (nSPS) is 12.8. The molecular formula is C11H10N4S2. The zero-order chi connectivity index (χ0) is 11.7. The van der Waals surface area contributed by atoms with E-state index >= 15 is 0 Å². The molecule has 0 aliphatic rings. The van der Waals surface area contributed by atoms with Crippen LogP contribution in [-0.4, -0.2) is 15.2 Å². The summed E-state index contributed by atoms with van der Waals surface area (Å²) in [7, 11) is 0. The van der Waals surface area contributed by atoms with Crippen LogP contribution >= 0.6 is 22.7 Å². The van der Waals surface area contributed by atoms with E-state index in [-0.39, 0.29) is 6.04 Å². The number of aromatic nitrogens is 3. The van der Waals surface area contributed by atoms with E-state index in [0.29, 0.717) is 0 Å². The lowest BCUT2D eigenvalue weighted by molar-refractivity contribution is 0.869. The minimum absolute atomic E-state index is 0.182. The van der Waals surface area contributed by atoms with E-state index in [0.717, 1.165) is 16.2 Å². The van der Waals surface area contributed by atoms with Gasteiger partial charge in [-0.3, -0.25) is 4.98 Å². The highest BCUT2D eigenvalue weighted by Gasteiger charge is 2.08. The van der Waals surface area contributed by atoms with Gasteiger partial charge >= 0.3 is 0 Å². The molecule has 0 fully saturated rings. The number of thiophene rings is 1. The fraction of sp³-hybridized carbons (Fsp3) is 0.182. The molecule has 0 bridgehead atoms. The highest BCUT2D eigenvalue weighted by atomic mass is 32.1. The Morgan fingerprint density at radius 1 is 1.35 bits per heavy atom. The van der Waals surface area contributed by atoms with Gasteiger partial charge in [0.25, 0.3) is 0 Å². The van der Waals surface area contributed by atoms with Gasteiger partial charge in [-0.2, -0.15) is 0 Å². The number of hydrogen-bond donors (Lipinski definition) is 1. The summed E-state index contributed by atoms with van der Waals surface area (Å²) < 4.78 is 1.22. The summed E-state index contributed by atoms with van der Waals surface area (Å²) >= 11 is 3.21. The van der Waals surface area contributed by atoms with Gasteiger partial charge in [-0.25, -0.2) is 0 Å². The predicted octanol–water partition coefficient (Wildman–Crippen LogP) is 3.32. The Balaban J connectivity index is 1.87. The molecule has 0 saturated carbocycles. The number of hydrogen-bond acceptors (Lipinski definition) is 6. The summed E-state index contributed by atoms with van der Waals surface area (Å²) in [5, 5.41) is 14.0. The van der Waals surface area contributed by atoms with E-state index in [4.69, 9.17) is 0 Å². The van der Waals surface area contributed by atoms with Crippen LogP contribution in [0.15, 0.2) is 29.2 Å². The van der Waals surface area contributed by atoms with Crippen molar-refractivity contribution in [2.45, 2.75) is 13.0 Å². The Hall–Kier alpha value is -1.53. The van der Waals surface area contributed by atoms with Crippen molar-refractivity contribution in [1.29, 1.82) is 0 Å². The average molecular weight is 262 g/mol. The van der Waals surface area contributed by atoms with Crippen molar-refractivity contribution in [2.75, 3.05) is 5.32 Å². The van der Waals surface area contributed by atoms with Crippen LogP contribution in [0.25, 0.3) is 10.2 Å². The van der Waals surface area contributed by atoms with Crippen LogP contribution in [0, 0.1) is 0 Å². The van der Waals surface area contributed by atoms with Gasteiger partial charge in [-0.05, 0) is 30.0 Å². The monoisotopic (exact) mass is 262 g/mol. The molecule has 1 unspecified atom stereocenters. The second kappa shape index (κ2) is 4.38. The molecule has 0 aliphatic heterocycles. The maximum absolute atomic E-state index is 4.43. The Labute approximate surface area is 106 Å². The van der Waals surface area contributed by atoms with Crippen LogP contribution in [0.4, 0.5) is 5.13 Å². The second-order valence-corrected chi connectivity index (χ2v) is 5.46. The van der Waals surface area contributed by atoms with Gasteiger partial charge in [-0.1, -0.05) is 11.3 Å². The Bertz CT molecular complexity index is 617. The number of pyridine rings is 1. The summed E-state index contributed by atoms with van der Waals surface area (Å²) in [5.74, 6) is 0. The average Bonchev–Trinajstić information content (AvgIpc) is 2.97. The molecule has 3 aromatic heterocycles. The van der Waals surface area contributed by atoms with Crippen molar-refractivity contribution in [3.63, 3.8) is 0 Å². The predicted molar refractivity (Wildman–Crippen MR) is 71.6 cm³/mol. The third-order valence-electron chi connectivity index (χ3n) is 2.52. The van der Waals surface area contributed by atoms with Crippen LogP contribution in [0.2, 0.25) is 0 Å². The number of rotatable bonds is 3. The van der Waals surface area contributed by atoms with E-state index in [9.17, 15) is 0 Å². The minimum Gasteiger partial charge on any atom is -0.354 e. The molecule has 0 amide bonds. The third kappa shape index (κ3) is 2.13. The maximum atomic E-state index is 4.43. The molecule has 0 saturated heterocycles. The summed E-state index contributed by atoms with van der Waals surface area (Å²) in [6.07, 6.45) is 1.91.